The summed E-state index contributed by atoms with van der Waals surface area (Å²) in [6, 6.07) is -0.855. The molecule has 2 N–H and O–H groups in total. The van der Waals surface area contributed by atoms with E-state index in [1.54, 1.807) is 4.90 Å². The number of nitrogens with zero attached hydrogens (tertiary/aromatic N) is 1. The third kappa shape index (κ3) is 3.91. The first-order chi connectivity index (χ1) is 7.85. The number of rotatable bonds is 1. The van der Waals surface area contributed by atoms with E-state index in [1.807, 2.05) is 20.8 Å². The second kappa shape index (κ2) is 5.39. The molecule has 2 atom stereocenters. The van der Waals surface area contributed by atoms with E-state index in [0.717, 1.165) is 0 Å². The van der Waals surface area contributed by atoms with Crippen LogP contribution in [-0.4, -0.2) is 48.4 Å². The lowest BCUT2D eigenvalue weighted by Gasteiger charge is -2.37. The summed E-state index contributed by atoms with van der Waals surface area (Å²) < 4.78 is 10.6. The maximum atomic E-state index is 12.0. The second-order valence-corrected chi connectivity index (χ2v) is 5.01. The Hall–Kier alpha value is -1.25. The highest BCUT2D eigenvalue weighted by molar-refractivity contribution is 5.69. The molecule has 96 valence electrons. The summed E-state index contributed by atoms with van der Waals surface area (Å²) in [7, 11) is 0. The molecular formula is C12H20N2O3. The summed E-state index contributed by atoms with van der Waals surface area (Å²) >= 11 is 0. The van der Waals surface area contributed by atoms with Crippen molar-refractivity contribution >= 4 is 6.09 Å². The molecule has 1 heterocycles. The van der Waals surface area contributed by atoms with Crippen molar-refractivity contribution in [2.75, 3.05) is 19.8 Å². The predicted octanol–water partition coefficient (Wildman–Crippen LogP) is 0.583. The van der Waals surface area contributed by atoms with Gasteiger partial charge in [-0.15, -0.1) is 6.42 Å². The fourth-order valence-electron chi connectivity index (χ4n) is 1.58. The molecule has 1 rings (SSSR count). The Balaban J connectivity index is 2.72. The summed E-state index contributed by atoms with van der Waals surface area (Å²) in [5.74, 6) is 2.43. The van der Waals surface area contributed by atoms with Gasteiger partial charge in [-0.25, -0.2) is 4.79 Å². The van der Waals surface area contributed by atoms with Crippen molar-refractivity contribution in [1.29, 1.82) is 0 Å². The van der Waals surface area contributed by atoms with Gasteiger partial charge in [0.05, 0.1) is 25.3 Å². The van der Waals surface area contributed by atoms with Gasteiger partial charge >= 0.3 is 6.09 Å². The lowest BCUT2D eigenvalue weighted by atomic mass is 10.1. The molecule has 0 saturated carbocycles. The second-order valence-electron chi connectivity index (χ2n) is 5.01. The van der Waals surface area contributed by atoms with Gasteiger partial charge < -0.3 is 15.2 Å². The average molecular weight is 240 g/mol. The zero-order valence-corrected chi connectivity index (χ0v) is 10.6. The highest BCUT2D eigenvalue weighted by Crippen LogP contribution is 2.15. The summed E-state index contributed by atoms with van der Waals surface area (Å²) in [5, 5.41) is 0. The third-order valence-electron chi connectivity index (χ3n) is 2.40. The van der Waals surface area contributed by atoms with Crippen molar-refractivity contribution in [2.45, 2.75) is 38.5 Å². The van der Waals surface area contributed by atoms with Crippen LogP contribution < -0.4 is 5.73 Å². The molecule has 5 nitrogen and oxygen atoms in total. The number of hydrogen-bond donors (Lipinski definition) is 1. The van der Waals surface area contributed by atoms with E-state index in [4.69, 9.17) is 21.6 Å². The summed E-state index contributed by atoms with van der Waals surface area (Å²) in [6.07, 6.45) is 4.89. The molecule has 0 spiro atoms. The Kier molecular flexibility index (Phi) is 4.38. The van der Waals surface area contributed by atoms with Gasteiger partial charge in [-0.2, -0.15) is 0 Å². The third-order valence-corrected chi connectivity index (χ3v) is 2.40. The van der Waals surface area contributed by atoms with E-state index >= 15 is 0 Å². The number of nitrogens with two attached hydrogens (primary N) is 1. The Morgan fingerprint density at radius 1 is 1.65 bits per heavy atom. The van der Waals surface area contributed by atoms with Gasteiger partial charge in [0.15, 0.2) is 0 Å². The maximum Gasteiger partial charge on any atom is 0.410 e. The van der Waals surface area contributed by atoms with Crippen molar-refractivity contribution in [3.8, 4) is 12.3 Å². The van der Waals surface area contributed by atoms with Gasteiger partial charge in [0.2, 0.25) is 0 Å². The summed E-state index contributed by atoms with van der Waals surface area (Å²) in [4.78, 5) is 13.5. The van der Waals surface area contributed by atoms with E-state index in [9.17, 15) is 4.79 Å². The molecule has 1 aliphatic rings. The van der Waals surface area contributed by atoms with Crippen LogP contribution in [0.2, 0.25) is 0 Å². The molecule has 0 aromatic rings. The first kappa shape index (κ1) is 13.8. The van der Waals surface area contributed by atoms with E-state index < -0.39 is 17.7 Å². The molecule has 1 saturated heterocycles. The van der Waals surface area contributed by atoms with Gasteiger partial charge in [0, 0.05) is 6.54 Å². The topological polar surface area (TPSA) is 64.8 Å². The highest BCUT2D eigenvalue weighted by Gasteiger charge is 2.33. The van der Waals surface area contributed by atoms with Crippen LogP contribution in [0.1, 0.15) is 20.8 Å². The summed E-state index contributed by atoms with van der Waals surface area (Å²) in [6.45, 7) is 6.75. The standard InChI is InChI=1S/C12H20N2O3/c1-5-9(13)10-8-16-7-6-14(10)11(15)17-12(2,3)4/h1,9-10H,6-8,13H2,2-4H3. The molecule has 0 radical (unpaired) electrons. The minimum atomic E-state index is -0.539. The lowest BCUT2D eigenvalue weighted by molar-refractivity contribution is -0.0341. The van der Waals surface area contributed by atoms with Crippen LogP contribution in [0.25, 0.3) is 0 Å². The number of amides is 1. The quantitative estimate of drug-likeness (QED) is 0.681. The van der Waals surface area contributed by atoms with E-state index in [-0.39, 0.29) is 6.04 Å². The average Bonchev–Trinajstić information content (AvgIpc) is 2.25. The molecule has 1 aliphatic heterocycles. The van der Waals surface area contributed by atoms with Gasteiger partial charge in [0.25, 0.3) is 0 Å². The predicted molar refractivity (Wildman–Crippen MR) is 64.4 cm³/mol. The van der Waals surface area contributed by atoms with Crippen molar-refractivity contribution in [3.05, 3.63) is 0 Å². The molecule has 0 aliphatic carbocycles. The Morgan fingerprint density at radius 2 is 2.29 bits per heavy atom. The van der Waals surface area contributed by atoms with Gasteiger partial charge in [-0.1, -0.05) is 5.92 Å². The van der Waals surface area contributed by atoms with Crippen molar-refractivity contribution < 1.29 is 14.3 Å². The molecule has 0 bridgehead atoms. The highest BCUT2D eigenvalue weighted by atomic mass is 16.6. The van der Waals surface area contributed by atoms with Gasteiger partial charge in [0.1, 0.15) is 5.60 Å². The number of carbonyl (C=O) groups excluding carboxylic acids is 1. The molecule has 2 unspecified atom stereocenters. The molecule has 17 heavy (non-hydrogen) atoms. The SMILES string of the molecule is C#CC(N)C1COCCN1C(=O)OC(C)(C)C. The number of ether oxygens (including phenoxy) is 2. The van der Waals surface area contributed by atoms with E-state index in [1.165, 1.54) is 0 Å². The van der Waals surface area contributed by atoms with Gasteiger partial charge in [-0.3, -0.25) is 4.90 Å². The smallest absolute Gasteiger partial charge is 0.410 e. The van der Waals surface area contributed by atoms with Crippen LogP contribution in [-0.2, 0) is 9.47 Å². The number of morpholine rings is 1. The number of terminal acetylenes is 1. The normalized spacial score (nSPS) is 22.8. The minimum absolute atomic E-state index is 0.316. The van der Waals surface area contributed by atoms with E-state index in [2.05, 4.69) is 5.92 Å². The summed E-state index contributed by atoms with van der Waals surface area (Å²) in [5.41, 5.74) is 5.25. The van der Waals surface area contributed by atoms with Crippen LogP contribution in [0.15, 0.2) is 0 Å². The van der Waals surface area contributed by atoms with Crippen LogP contribution in [0, 0.1) is 12.3 Å². The fraction of sp³-hybridized carbons (Fsp3) is 0.750. The monoisotopic (exact) mass is 240 g/mol. The van der Waals surface area contributed by atoms with Crippen molar-refractivity contribution in [2.24, 2.45) is 5.73 Å². The lowest BCUT2D eigenvalue weighted by Crippen LogP contribution is -2.57. The first-order valence-electron chi connectivity index (χ1n) is 5.64. The Labute approximate surface area is 102 Å². The van der Waals surface area contributed by atoms with Crippen molar-refractivity contribution in [1.82, 2.24) is 4.90 Å². The molecule has 1 amide bonds. The maximum absolute atomic E-state index is 12.0. The Bertz CT molecular complexity index is 317. The van der Waals surface area contributed by atoms with Crippen LogP contribution in [0.5, 0.6) is 0 Å². The number of carbonyl (C=O) groups is 1. The zero-order chi connectivity index (χ0) is 13.1. The first-order valence-corrected chi connectivity index (χ1v) is 5.64. The molecule has 0 aromatic carbocycles. The van der Waals surface area contributed by atoms with Gasteiger partial charge in [-0.05, 0) is 20.8 Å². The van der Waals surface area contributed by atoms with Crippen LogP contribution in [0.4, 0.5) is 4.79 Å². The Morgan fingerprint density at radius 3 is 2.82 bits per heavy atom. The molecule has 1 fully saturated rings. The zero-order valence-electron chi connectivity index (χ0n) is 10.6. The van der Waals surface area contributed by atoms with Crippen molar-refractivity contribution in [3.63, 3.8) is 0 Å². The van der Waals surface area contributed by atoms with E-state index in [0.29, 0.717) is 19.8 Å². The molecule has 5 heteroatoms. The fourth-order valence-corrected chi connectivity index (χ4v) is 1.58. The van der Waals surface area contributed by atoms with Crippen LogP contribution >= 0.6 is 0 Å². The largest absolute Gasteiger partial charge is 0.444 e. The minimum Gasteiger partial charge on any atom is -0.444 e. The number of hydrogen-bond acceptors (Lipinski definition) is 4. The van der Waals surface area contributed by atoms with Crippen LogP contribution in [0.3, 0.4) is 0 Å². The molecular weight excluding hydrogens is 220 g/mol. The molecule has 0 aromatic heterocycles.